The maximum absolute atomic E-state index is 12.0. The summed E-state index contributed by atoms with van der Waals surface area (Å²) >= 11 is 0. The third kappa shape index (κ3) is 5.37. The normalized spacial score (nSPS) is 12.3. The van der Waals surface area contributed by atoms with E-state index in [1.54, 1.807) is 0 Å². The number of carbonyl (C=O) groups excluding carboxylic acids is 2. The lowest BCUT2D eigenvalue weighted by Gasteiger charge is -2.28. The van der Waals surface area contributed by atoms with Gasteiger partial charge in [0.05, 0.1) is 6.42 Å². The molecular weight excluding hydrogens is 276 g/mol. The molecule has 0 fully saturated rings. The molecule has 0 N–H and O–H groups in total. The molecule has 22 heavy (non-hydrogen) atoms. The van der Waals surface area contributed by atoms with Crippen molar-refractivity contribution in [2.24, 2.45) is 5.92 Å². The molecule has 0 saturated carbocycles. The predicted octanol–water partition coefficient (Wildman–Crippen LogP) is 3.55. The Bertz CT molecular complexity index is 561. The molecule has 0 saturated heterocycles. The van der Waals surface area contributed by atoms with Crippen molar-refractivity contribution in [1.29, 1.82) is 0 Å². The monoisotopic (exact) mass is 300 g/mol. The summed E-state index contributed by atoms with van der Waals surface area (Å²) in [5.41, 5.74) is 0.972. The van der Waals surface area contributed by atoms with Gasteiger partial charge in [-0.25, -0.2) is 0 Å². The number of rotatable bonds is 8. The second kappa shape index (κ2) is 7.79. The van der Waals surface area contributed by atoms with E-state index in [-0.39, 0.29) is 35.9 Å². The molecule has 0 heterocycles. The van der Waals surface area contributed by atoms with Gasteiger partial charge in [-0.2, -0.15) is 0 Å². The fraction of sp³-hybridized carbons (Fsp3) is 0.474. The summed E-state index contributed by atoms with van der Waals surface area (Å²) in [4.78, 5) is 23.0. The van der Waals surface area contributed by atoms with Crippen LogP contribution in [0.2, 0.25) is 0 Å². The van der Waals surface area contributed by atoms with Gasteiger partial charge >= 0.3 is 0 Å². The smallest absolute Gasteiger partial charge is 0.148 e. The van der Waals surface area contributed by atoms with Crippen molar-refractivity contribution in [2.45, 2.75) is 46.0 Å². The second-order valence-electron chi connectivity index (χ2n) is 6.35. The molecule has 0 aliphatic heterocycles. The first-order chi connectivity index (χ1) is 10.3. The van der Waals surface area contributed by atoms with Crippen molar-refractivity contribution in [3.63, 3.8) is 0 Å². The molecule has 1 aromatic rings. The van der Waals surface area contributed by atoms with Gasteiger partial charge in [0.1, 0.15) is 23.9 Å². The first kappa shape index (κ1) is 18.0. The Labute approximate surface area is 133 Å². The van der Waals surface area contributed by atoms with Crippen LogP contribution in [0, 0.1) is 18.3 Å². The molecule has 0 aromatic heterocycles. The zero-order valence-corrected chi connectivity index (χ0v) is 13.8. The van der Waals surface area contributed by atoms with Gasteiger partial charge in [-0.3, -0.25) is 9.59 Å². The van der Waals surface area contributed by atoms with Crippen LogP contribution < -0.4 is 4.74 Å². The minimum atomic E-state index is -0.156. The lowest BCUT2D eigenvalue weighted by molar-refractivity contribution is -0.128. The molecular formula is C19H24O3. The van der Waals surface area contributed by atoms with Gasteiger partial charge in [-0.1, -0.05) is 38.8 Å². The van der Waals surface area contributed by atoms with Gasteiger partial charge < -0.3 is 4.74 Å². The van der Waals surface area contributed by atoms with Gasteiger partial charge in [-0.15, -0.1) is 6.42 Å². The maximum atomic E-state index is 12.0. The summed E-state index contributed by atoms with van der Waals surface area (Å²) < 4.78 is 5.36. The summed E-state index contributed by atoms with van der Waals surface area (Å²) in [6, 6.07) is 7.76. The van der Waals surface area contributed by atoms with E-state index in [4.69, 9.17) is 11.2 Å². The maximum Gasteiger partial charge on any atom is 0.148 e. The Morgan fingerprint density at radius 1 is 1.27 bits per heavy atom. The first-order valence-electron chi connectivity index (χ1n) is 7.45. The van der Waals surface area contributed by atoms with Gasteiger partial charge in [0, 0.05) is 5.92 Å². The molecule has 1 atom stereocenters. The van der Waals surface area contributed by atoms with Crippen molar-refractivity contribution in [3.8, 4) is 18.1 Å². The zero-order chi connectivity index (χ0) is 16.8. The molecule has 1 rings (SSSR count). The van der Waals surface area contributed by atoms with E-state index in [0.717, 1.165) is 11.3 Å². The molecule has 1 aromatic carbocycles. The number of Topliss-reactive ketones (excluding diaryl/α,β-unsaturated/α-hetero) is 2. The highest BCUT2D eigenvalue weighted by atomic mass is 16.5. The average molecular weight is 300 g/mol. The van der Waals surface area contributed by atoms with Crippen LogP contribution in [0.15, 0.2) is 24.3 Å². The van der Waals surface area contributed by atoms with Crippen LogP contribution in [0.3, 0.4) is 0 Å². The van der Waals surface area contributed by atoms with E-state index in [2.05, 4.69) is 19.8 Å². The number of ether oxygens (including phenoxy) is 1. The Hall–Kier alpha value is -2.08. The molecule has 3 heteroatoms. The van der Waals surface area contributed by atoms with Crippen LogP contribution >= 0.6 is 0 Å². The minimum absolute atomic E-state index is 0.00884. The Kier molecular flexibility index (Phi) is 6.37. The molecule has 3 nitrogen and oxygen atoms in total. The average Bonchev–Trinajstić information content (AvgIpc) is 2.44. The third-order valence-electron chi connectivity index (χ3n) is 3.75. The van der Waals surface area contributed by atoms with Crippen molar-refractivity contribution in [3.05, 3.63) is 29.8 Å². The fourth-order valence-corrected chi connectivity index (χ4v) is 2.54. The third-order valence-corrected chi connectivity index (χ3v) is 3.75. The summed E-state index contributed by atoms with van der Waals surface area (Å²) in [5, 5.41) is 0. The van der Waals surface area contributed by atoms with Gasteiger partial charge in [0.15, 0.2) is 0 Å². The molecule has 0 spiro atoms. The number of carbonyl (C=O) groups is 2. The van der Waals surface area contributed by atoms with Crippen molar-refractivity contribution in [1.82, 2.24) is 0 Å². The molecule has 118 valence electrons. The van der Waals surface area contributed by atoms with E-state index in [9.17, 15) is 9.59 Å². The SMILES string of the molecule is C#CCOc1ccc(C(C)(C)CC(C)C(=O)CC(C)=O)cc1. The summed E-state index contributed by atoms with van der Waals surface area (Å²) in [6.07, 6.45) is 5.88. The van der Waals surface area contributed by atoms with Crippen molar-refractivity contribution < 1.29 is 14.3 Å². The highest BCUT2D eigenvalue weighted by molar-refractivity contribution is 5.98. The zero-order valence-electron chi connectivity index (χ0n) is 13.8. The standard InChI is InChI=1S/C19H24O3/c1-6-11-22-17-9-7-16(8-10-17)19(4,5)13-14(2)18(21)12-15(3)20/h1,7-10,14H,11-13H2,2-5H3. The van der Waals surface area contributed by atoms with Crippen molar-refractivity contribution >= 4 is 11.6 Å². The summed E-state index contributed by atoms with van der Waals surface area (Å²) in [7, 11) is 0. The van der Waals surface area contributed by atoms with Crippen LogP contribution in [0.5, 0.6) is 5.75 Å². The molecule has 0 radical (unpaired) electrons. The molecule has 0 aliphatic carbocycles. The molecule has 1 unspecified atom stereocenters. The molecule has 0 amide bonds. The number of hydrogen-bond acceptors (Lipinski definition) is 3. The van der Waals surface area contributed by atoms with Crippen LogP contribution in [-0.2, 0) is 15.0 Å². The number of benzene rings is 1. The van der Waals surface area contributed by atoms with Crippen LogP contribution in [0.4, 0.5) is 0 Å². The number of ketones is 2. The Morgan fingerprint density at radius 2 is 1.86 bits per heavy atom. The van der Waals surface area contributed by atoms with Crippen LogP contribution in [0.25, 0.3) is 0 Å². The summed E-state index contributed by atoms with van der Waals surface area (Å²) in [6.45, 7) is 7.78. The van der Waals surface area contributed by atoms with Gasteiger partial charge in [-0.05, 0) is 36.5 Å². The highest BCUT2D eigenvalue weighted by Gasteiger charge is 2.27. The largest absolute Gasteiger partial charge is 0.481 e. The fourth-order valence-electron chi connectivity index (χ4n) is 2.54. The van der Waals surface area contributed by atoms with E-state index >= 15 is 0 Å². The Morgan fingerprint density at radius 3 is 2.36 bits per heavy atom. The quantitative estimate of drug-likeness (QED) is 0.544. The molecule has 0 bridgehead atoms. The topological polar surface area (TPSA) is 43.4 Å². The van der Waals surface area contributed by atoms with Gasteiger partial charge in [0.25, 0.3) is 0 Å². The van der Waals surface area contributed by atoms with Crippen LogP contribution in [0.1, 0.15) is 46.1 Å². The van der Waals surface area contributed by atoms with E-state index in [0.29, 0.717) is 6.42 Å². The van der Waals surface area contributed by atoms with E-state index < -0.39 is 0 Å². The highest BCUT2D eigenvalue weighted by Crippen LogP contribution is 2.32. The second-order valence-corrected chi connectivity index (χ2v) is 6.35. The Balaban J connectivity index is 2.74. The first-order valence-corrected chi connectivity index (χ1v) is 7.45. The summed E-state index contributed by atoms with van der Waals surface area (Å²) in [5.74, 6) is 2.95. The van der Waals surface area contributed by atoms with Crippen LogP contribution in [-0.4, -0.2) is 18.2 Å². The van der Waals surface area contributed by atoms with E-state index in [1.807, 2.05) is 31.2 Å². The van der Waals surface area contributed by atoms with Gasteiger partial charge in [0.2, 0.25) is 0 Å². The number of terminal acetylenes is 1. The minimum Gasteiger partial charge on any atom is -0.481 e. The predicted molar refractivity (Wildman–Crippen MR) is 87.9 cm³/mol. The lowest BCUT2D eigenvalue weighted by atomic mass is 9.76. The molecule has 0 aliphatic rings. The van der Waals surface area contributed by atoms with E-state index in [1.165, 1.54) is 6.92 Å². The lowest BCUT2D eigenvalue weighted by Crippen LogP contribution is -2.25. The van der Waals surface area contributed by atoms with Crippen molar-refractivity contribution in [2.75, 3.05) is 6.61 Å². The number of hydrogen-bond donors (Lipinski definition) is 0.